The predicted molar refractivity (Wildman–Crippen MR) is 89.5 cm³/mol. The van der Waals surface area contributed by atoms with Crippen molar-refractivity contribution < 1.29 is 13.8 Å². The van der Waals surface area contributed by atoms with E-state index in [1.54, 1.807) is 30.3 Å². The molecule has 5 N–H and O–H groups in total. The third-order valence-corrected chi connectivity index (χ3v) is 4.98. The Kier molecular flexibility index (Phi) is 3.88. The molecule has 0 saturated heterocycles. The van der Waals surface area contributed by atoms with Gasteiger partial charge in [0.1, 0.15) is 16.4 Å². The van der Waals surface area contributed by atoms with Crippen LogP contribution in [0.4, 0.5) is 11.4 Å². The lowest BCUT2D eigenvalue weighted by Crippen LogP contribution is -2.40. The summed E-state index contributed by atoms with van der Waals surface area (Å²) < 4.78 is 28.9. The van der Waals surface area contributed by atoms with Crippen LogP contribution in [-0.2, 0) is 0 Å². The predicted octanol–water partition coefficient (Wildman–Crippen LogP) is 3.47. The number of nitrogens with one attached hydrogen (secondary N) is 1. The number of nitrogens with two attached hydrogens (primary N) is 1. The third-order valence-electron chi connectivity index (χ3n) is 3.51. The highest BCUT2D eigenvalue weighted by Gasteiger charge is 2.28. The normalized spacial score (nSPS) is 17.7. The quantitative estimate of drug-likeness (QED) is 0.647. The summed E-state index contributed by atoms with van der Waals surface area (Å²) in [6.07, 6.45) is 0. The van der Waals surface area contributed by atoms with Gasteiger partial charge in [0, 0.05) is 24.4 Å². The first-order valence-corrected chi connectivity index (χ1v) is 8.49. The molecular formula is C15H19N3O3S. The fourth-order valence-electron chi connectivity index (χ4n) is 2.37. The van der Waals surface area contributed by atoms with Gasteiger partial charge in [0.2, 0.25) is 0 Å². The summed E-state index contributed by atoms with van der Waals surface area (Å²) in [5.41, 5.74) is 7.15. The van der Waals surface area contributed by atoms with Gasteiger partial charge in [-0.3, -0.25) is 9.11 Å². The molecule has 0 amide bonds. The van der Waals surface area contributed by atoms with Gasteiger partial charge >= 0.3 is 0 Å². The molecule has 0 radical (unpaired) electrons. The van der Waals surface area contributed by atoms with Crippen molar-refractivity contribution in [2.45, 2.75) is 11.8 Å². The van der Waals surface area contributed by atoms with Crippen LogP contribution in [0.2, 0.25) is 0 Å². The summed E-state index contributed by atoms with van der Waals surface area (Å²) in [4.78, 5) is 2.47. The maximum absolute atomic E-state index is 10.2. The van der Waals surface area contributed by atoms with Crippen molar-refractivity contribution in [1.29, 1.82) is 0 Å². The van der Waals surface area contributed by atoms with Gasteiger partial charge in [-0.2, -0.15) is 4.72 Å². The standard InChI is InChI=1S/C15H19N3O3S/c1-2-18-10-17-22(19,20)15-9-13(6-7-14(15)18)21-12-5-3-4-11(16)8-12/h3-9,17,19-20H,2,10,16H2,1H3. The van der Waals surface area contributed by atoms with Crippen LogP contribution in [0.5, 0.6) is 11.5 Å². The molecule has 22 heavy (non-hydrogen) atoms. The monoisotopic (exact) mass is 321 g/mol. The van der Waals surface area contributed by atoms with Crippen LogP contribution in [0.3, 0.4) is 0 Å². The summed E-state index contributed by atoms with van der Waals surface area (Å²) in [5.74, 6) is 1.14. The average Bonchev–Trinajstić information content (AvgIpc) is 2.48. The Morgan fingerprint density at radius 1 is 1.23 bits per heavy atom. The number of ether oxygens (including phenoxy) is 1. The van der Waals surface area contributed by atoms with Gasteiger partial charge in [0.05, 0.1) is 12.4 Å². The third kappa shape index (κ3) is 2.84. The molecule has 1 aliphatic rings. The Hall–Kier alpha value is -1.93. The van der Waals surface area contributed by atoms with Crippen LogP contribution in [-0.4, -0.2) is 22.3 Å². The molecule has 0 atom stereocenters. The zero-order chi connectivity index (χ0) is 15.7. The molecule has 1 aliphatic heterocycles. The molecule has 2 aromatic carbocycles. The van der Waals surface area contributed by atoms with Gasteiger partial charge in [-0.1, -0.05) is 6.07 Å². The van der Waals surface area contributed by atoms with Crippen molar-refractivity contribution in [3.63, 3.8) is 0 Å². The lowest BCUT2D eigenvalue weighted by molar-refractivity contribution is 0.456. The summed E-state index contributed by atoms with van der Waals surface area (Å²) >= 11 is 0. The second-order valence-electron chi connectivity index (χ2n) is 5.01. The highest BCUT2D eigenvalue weighted by molar-refractivity contribution is 8.22. The van der Waals surface area contributed by atoms with Gasteiger partial charge in [-0.05, 0) is 31.2 Å². The van der Waals surface area contributed by atoms with Gasteiger partial charge in [0.15, 0.2) is 0 Å². The fraction of sp³-hybridized carbons (Fsp3) is 0.200. The molecule has 0 aliphatic carbocycles. The summed E-state index contributed by atoms with van der Waals surface area (Å²) in [5, 5.41) is 0. The van der Waals surface area contributed by atoms with Crippen molar-refractivity contribution in [3.05, 3.63) is 42.5 Å². The molecule has 2 aromatic rings. The number of hydrogen-bond donors (Lipinski definition) is 4. The summed E-state index contributed by atoms with van der Waals surface area (Å²) in [6.45, 7) is 3.19. The minimum atomic E-state index is -3.00. The number of nitrogen functional groups attached to an aromatic ring is 1. The molecular weight excluding hydrogens is 302 g/mol. The van der Waals surface area contributed by atoms with Crippen molar-refractivity contribution in [1.82, 2.24) is 4.72 Å². The van der Waals surface area contributed by atoms with Crippen LogP contribution in [0.25, 0.3) is 0 Å². The van der Waals surface area contributed by atoms with Crippen molar-refractivity contribution in [3.8, 4) is 11.5 Å². The number of fused-ring (bicyclic) bond motifs is 1. The first-order valence-electron chi connectivity index (χ1n) is 6.95. The molecule has 3 rings (SSSR count). The maximum Gasteiger partial charge on any atom is 0.129 e. The highest BCUT2D eigenvalue weighted by Crippen LogP contribution is 2.52. The first-order chi connectivity index (χ1) is 10.5. The van der Waals surface area contributed by atoms with E-state index in [-0.39, 0.29) is 0 Å². The molecule has 0 fully saturated rings. The topological polar surface area (TPSA) is 91.0 Å². The number of nitrogens with zero attached hydrogens (tertiary/aromatic N) is 1. The molecule has 118 valence electrons. The van der Waals surface area contributed by atoms with E-state index >= 15 is 0 Å². The molecule has 0 spiro atoms. The Balaban J connectivity index is 1.95. The zero-order valence-corrected chi connectivity index (χ0v) is 13.0. The van der Waals surface area contributed by atoms with Crippen molar-refractivity contribution in [2.24, 2.45) is 0 Å². The van der Waals surface area contributed by atoms with E-state index in [9.17, 15) is 9.11 Å². The van der Waals surface area contributed by atoms with Gasteiger partial charge in [0.25, 0.3) is 0 Å². The second kappa shape index (κ2) is 5.69. The van der Waals surface area contributed by atoms with E-state index in [2.05, 4.69) is 4.72 Å². The van der Waals surface area contributed by atoms with E-state index in [1.807, 2.05) is 24.0 Å². The minimum Gasteiger partial charge on any atom is -0.457 e. The van der Waals surface area contributed by atoms with Gasteiger partial charge in [-0.25, -0.2) is 0 Å². The number of anilines is 2. The highest BCUT2D eigenvalue weighted by atomic mass is 32.3. The van der Waals surface area contributed by atoms with E-state index in [0.717, 1.165) is 12.2 Å². The molecule has 0 aromatic heterocycles. The summed E-state index contributed by atoms with van der Waals surface area (Å²) in [7, 11) is -3.00. The smallest absolute Gasteiger partial charge is 0.129 e. The molecule has 0 bridgehead atoms. The van der Waals surface area contributed by atoms with Crippen molar-refractivity contribution in [2.75, 3.05) is 23.8 Å². The Morgan fingerprint density at radius 2 is 2.00 bits per heavy atom. The van der Waals surface area contributed by atoms with Crippen LogP contribution in [0, 0.1) is 0 Å². The molecule has 7 heteroatoms. The zero-order valence-electron chi connectivity index (χ0n) is 12.2. The number of hydrogen-bond acceptors (Lipinski definition) is 6. The van der Waals surface area contributed by atoms with Crippen LogP contribution in [0.1, 0.15) is 6.92 Å². The van der Waals surface area contributed by atoms with E-state index in [0.29, 0.717) is 28.8 Å². The fourth-order valence-corrected chi connectivity index (χ4v) is 3.63. The lowest BCUT2D eigenvalue weighted by atomic mass is 10.2. The average molecular weight is 321 g/mol. The van der Waals surface area contributed by atoms with Crippen LogP contribution in [0.15, 0.2) is 47.4 Å². The van der Waals surface area contributed by atoms with Gasteiger partial charge < -0.3 is 15.4 Å². The number of benzene rings is 2. The van der Waals surface area contributed by atoms with E-state index in [4.69, 9.17) is 10.5 Å². The van der Waals surface area contributed by atoms with Crippen molar-refractivity contribution >= 4 is 22.2 Å². The first kappa shape index (κ1) is 15.0. The lowest BCUT2D eigenvalue weighted by Gasteiger charge is -2.43. The maximum atomic E-state index is 10.2. The van der Waals surface area contributed by atoms with E-state index < -0.39 is 10.8 Å². The largest absolute Gasteiger partial charge is 0.457 e. The molecule has 1 heterocycles. The van der Waals surface area contributed by atoms with Crippen LogP contribution < -0.4 is 20.1 Å². The van der Waals surface area contributed by atoms with Gasteiger partial charge in [-0.15, -0.1) is 10.8 Å². The second-order valence-corrected chi connectivity index (χ2v) is 6.84. The summed E-state index contributed by atoms with van der Waals surface area (Å²) in [6, 6.07) is 12.4. The number of rotatable bonds is 3. The molecule has 6 nitrogen and oxygen atoms in total. The van der Waals surface area contributed by atoms with E-state index in [1.165, 1.54) is 0 Å². The van der Waals surface area contributed by atoms with Crippen LogP contribution >= 0.6 is 10.8 Å². The Labute approximate surface area is 131 Å². The minimum absolute atomic E-state index is 0.404. The molecule has 0 saturated carbocycles. The Bertz CT molecular complexity index is 693. The SMILES string of the molecule is CCN1CNS(O)(O)c2cc(Oc3cccc(N)c3)ccc21. The Morgan fingerprint density at radius 3 is 2.73 bits per heavy atom. The molecule has 0 unspecified atom stereocenters.